The fourth-order valence-electron chi connectivity index (χ4n) is 0.886. The summed E-state index contributed by atoms with van der Waals surface area (Å²) in [5.41, 5.74) is 5.90. The third-order valence-electron chi connectivity index (χ3n) is 1.54. The smallest absolute Gasteiger partial charge is 0.349 e. The Balaban J connectivity index is 2.52. The molecule has 80 valence electrons. The Morgan fingerprint density at radius 2 is 2.00 bits per heavy atom. The second kappa shape index (κ2) is 4.99. The Morgan fingerprint density at radius 3 is 2.60 bits per heavy atom. The van der Waals surface area contributed by atoms with Gasteiger partial charge < -0.3 is 15.2 Å². The Hall–Kier alpha value is -2.04. The molecule has 0 bridgehead atoms. The van der Waals surface area contributed by atoms with Crippen molar-refractivity contribution in [2.45, 2.75) is 6.92 Å². The van der Waals surface area contributed by atoms with Gasteiger partial charge in [-0.25, -0.2) is 4.79 Å². The summed E-state index contributed by atoms with van der Waals surface area (Å²) in [7, 11) is 0. The summed E-state index contributed by atoms with van der Waals surface area (Å²) >= 11 is 0. The summed E-state index contributed by atoms with van der Waals surface area (Å²) in [6, 6.07) is 6.57. The first kappa shape index (κ1) is 11.0. The van der Waals surface area contributed by atoms with E-state index in [9.17, 15) is 9.59 Å². The Kier molecular flexibility index (Phi) is 3.68. The van der Waals surface area contributed by atoms with Crippen LogP contribution in [-0.4, -0.2) is 18.5 Å². The van der Waals surface area contributed by atoms with E-state index in [1.807, 2.05) is 0 Å². The minimum absolute atomic E-state index is 0.259. The highest BCUT2D eigenvalue weighted by atomic mass is 16.6. The van der Waals surface area contributed by atoms with Crippen molar-refractivity contribution in [1.82, 2.24) is 0 Å². The van der Waals surface area contributed by atoms with Gasteiger partial charge in [-0.1, -0.05) is 12.1 Å². The molecule has 1 aromatic carbocycles. The third kappa shape index (κ3) is 3.68. The highest BCUT2D eigenvalue weighted by Crippen LogP contribution is 2.19. The van der Waals surface area contributed by atoms with Crippen molar-refractivity contribution in [1.29, 1.82) is 0 Å². The molecule has 1 rings (SSSR count). The van der Waals surface area contributed by atoms with Crippen molar-refractivity contribution in [3.8, 4) is 5.75 Å². The lowest BCUT2D eigenvalue weighted by molar-refractivity contribution is -0.151. The summed E-state index contributed by atoms with van der Waals surface area (Å²) in [6.07, 6.45) is 0. The van der Waals surface area contributed by atoms with Crippen LogP contribution in [0.25, 0.3) is 0 Å². The predicted molar refractivity (Wildman–Crippen MR) is 53.1 cm³/mol. The molecule has 1 aromatic rings. The average Bonchev–Trinajstić information content (AvgIpc) is 2.18. The average molecular weight is 209 g/mol. The number of esters is 2. The maximum absolute atomic E-state index is 11.1. The maximum Gasteiger partial charge on any atom is 0.349 e. The van der Waals surface area contributed by atoms with Crippen LogP contribution in [0.2, 0.25) is 0 Å². The van der Waals surface area contributed by atoms with Crippen molar-refractivity contribution >= 4 is 17.6 Å². The van der Waals surface area contributed by atoms with E-state index in [4.69, 9.17) is 10.5 Å². The van der Waals surface area contributed by atoms with Crippen LogP contribution < -0.4 is 10.5 Å². The summed E-state index contributed by atoms with van der Waals surface area (Å²) < 4.78 is 9.32. The second-order valence-corrected chi connectivity index (χ2v) is 2.79. The van der Waals surface area contributed by atoms with Crippen molar-refractivity contribution in [3.05, 3.63) is 24.3 Å². The van der Waals surface area contributed by atoms with Gasteiger partial charge in [0.1, 0.15) is 0 Å². The lowest BCUT2D eigenvalue weighted by Crippen LogP contribution is -2.17. The molecule has 0 aliphatic carbocycles. The van der Waals surface area contributed by atoms with Gasteiger partial charge in [0, 0.05) is 6.92 Å². The molecule has 5 heteroatoms. The van der Waals surface area contributed by atoms with E-state index in [1.54, 1.807) is 24.3 Å². The molecule has 2 N–H and O–H groups in total. The number of nitrogen functional groups attached to an aromatic ring is 1. The van der Waals surface area contributed by atoms with Crippen molar-refractivity contribution < 1.29 is 19.1 Å². The van der Waals surface area contributed by atoms with E-state index in [2.05, 4.69) is 4.74 Å². The van der Waals surface area contributed by atoms with Crippen molar-refractivity contribution in [2.24, 2.45) is 0 Å². The van der Waals surface area contributed by atoms with E-state index in [0.717, 1.165) is 0 Å². The highest BCUT2D eigenvalue weighted by molar-refractivity contribution is 5.78. The summed E-state index contributed by atoms with van der Waals surface area (Å²) in [4.78, 5) is 21.5. The molecule has 0 aromatic heterocycles. The second-order valence-electron chi connectivity index (χ2n) is 2.79. The number of nitrogens with two attached hydrogens (primary N) is 1. The van der Waals surface area contributed by atoms with E-state index >= 15 is 0 Å². The maximum atomic E-state index is 11.1. The first-order valence-electron chi connectivity index (χ1n) is 4.28. The lowest BCUT2D eigenvalue weighted by Gasteiger charge is -2.06. The van der Waals surface area contributed by atoms with Crippen molar-refractivity contribution in [3.63, 3.8) is 0 Å². The third-order valence-corrected chi connectivity index (χ3v) is 1.54. The van der Waals surface area contributed by atoms with Crippen LogP contribution in [-0.2, 0) is 14.3 Å². The fraction of sp³-hybridized carbons (Fsp3) is 0.200. The van der Waals surface area contributed by atoms with E-state index in [-0.39, 0.29) is 5.75 Å². The molecule has 15 heavy (non-hydrogen) atoms. The standard InChI is InChI=1S/C10H11NO4/c1-7(12)14-6-10(13)15-9-5-3-2-4-8(9)11/h2-5H,6,11H2,1H3. The number of para-hydroxylation sites is 2. The van der Waals surface area contributed by atoms with Crippen LogP contribution >= 0.6 is 0 Å². The predicted octanol–water partition coefficient (Wildman–Crippen LogP) is 0.737. The Labute approximate surface area is 86.8 Å². The molecule has 0 radical (unpaired) electrons. The Bertz CT molecular complexity index is 375. The highest BCUT2D eigenvalue weighted by Gasteiger charge is 2.08. The van der Waals surface area contributed by atoms with E-state index in [0.29, 0.717) is 5.69 Å². The quantitative estimate of drug-likeness (QED) is 0.451. The molecule has 0 heterocycles. The zero-order valence-electron chi connectivity index (χ0n) is 8.23. The number of hydrogen-bond donors (Lipinski definition) is 1. The lowest BCUT2D eigenvalue weighted by atomic mass is 10.3. The molecule has 0 saturated carbocycles. The first-order valence-corrected chi connectivity index (χ1v) is 4.28. The van der Waals surface area contributed by atoms with Gasteiger partial charge in [0.15, 0.2) is 12.4 Å². The molecule has 0 saturated heterocycles. The fourth-order valence-corrected chi connectivity index (χ4v) is 0.886. The van der Waals surface area contributed by atoms with Crippen molar-refractivity contribution in [2.75, 3.05) is 12.3 Å². The molecule has 0 unspecified atom stereocenters. The molecule has 0 fully saturated rings. The molecule has 0 atom stereocenters. The van der Waals surface area contributed by atoms with Gasteiger partial charge in [0.2, 0.25) is 0 Å². The van der Waals surface area contributed by atoms with Crippen LogP contribution in [0.3, 0.4) is 0 Å². The van der Waals surface area contributed by atoms with Crippen LogP contribution in [0.15, 0.2) is 24.3 Å². The number of carbonyl (C=O) groups excluding carboxylic acids is 2. The van der Waals surface area contributed by atoms with Gasteiger partial charge in [-0.3, -0.25) is 4.79 Å². The van der Waals surface area contributed by atoms with Gasteiger partial charge in [-0.15, -0.1) is 0 Å². The van der Waals surface area contributed by atoms with Crippen LogP contribution in [0.1, 0.15) is 6.92 Å². The topological polar surface area (TPSA) is 78.6 Å². The number of ether oxygens (including phenoxy) is 2. The number of hydrogen-bond acceptors (Lipinski definition) is 5. The summed E-state index contributed by atoms with van der Waals surface area (Å²) in [5, 5.41) is 0. The monoisotopic (exact) mass is 209 g/mol. The molecular weight excluding hydrogens is 198 g/mol. The molecule has 5 nitrogen and oxygen atoms in total. The molecule has 0 aliphatic heterocycles. The molecule has 0 amide bonds. The van der Waals surface area contributed by atoms with Gasteiger partial charge in [-0.2, -0.15) is 0 Å². The normalized spacial score (nSPS) is 9.40. The van der Waals surface area contributed by atoms with Crippen LogP contribution in [0, 0.1) is 0 Å². The van der Waals surface area contributed by atoms with E-state index < -0.39 is 18.5 Å². The van der Waals surface area contributed by atoms with Crippen LogP contribution in [0.5, 0.6) is 5.75 Å². The largest absolute Gasteiger partial charge is 0.454 e. The van der Waals surface area contributed by atoms with Gasteiger partial charge in [0.25, 0.3) is 0 Å². The summed E-state index contributed by atoms with van der Waals surface area (Å²) in [6.45, 7) is 0.799. The zero-order valence-corrected chi connectivity index (χ0v) is 8.23. The molecular formula is C10H11NO4. The number of carbonyl (C=O) groups is 2. The zero-order chi connectivity index (χ0) is 11.3. The summed E-state index contributed by atoms with van der Waals surface area (Å²) in [5.74, 6) is -0.939. The Morgan fingerprint density at radius 1 is 1.33 bits per heavy atom. The van der Waals surface area contributed by atoms with Crippen LogP contribution in [0.4, 0.5) is 5.69 Å². The first-order chi connectivity index (χ1) is 7.09. The number of benzene rings is 1. The number of rotatable bonds is 3. The minimum atomic E-state index is -0.664. The van der Waals surface area contributed by atoms with E-state index in [1.165, 1.54) is 6.92 Å². The van der Waals surface area contributed by atoms with Gasteiger partial charge in [-0.05, 0) is 12.1 Å². The van der Waals surface area contributed by atoms with Gasteiger partial charge >= 0.3 is 11.9 Å². The molecule has 0 aliphatic rings. The van der Waals surface area contributed by atoms with Gasteiger partial charge in [0.05, 0.1) is 5.69 Å². The number of anilines is 1. The SMILES string of the molecule is CC(=O)OCC(=O)Oc1ccccc1N. The molecule has 0 spiro atoms. The minimum Gasteiger partial charge on any atom is -0.454 e.